The number of esters is 1. The Morgan fingerprint density at radius 3 is 2.41 bits per heavy atom. The van der Waals surface area contributed by atoms with Crippen molar-refractivity contribution in [1.82, 2.24) is 0 Å². The van der Waals surface area contributed by atoms with Crippen molar-refractivity contribution < 1.29 is 19.1 Å². The van der Waals surface area contributed by atoms with Crippen LogP contribution >= 0.6 is 0 Å². The molecule has 0 fully saturated rings. The van der Waals surface area contributed by atoms with Crippen molar-refractivity contribution in [2.24, 2.45) is 0 Å². The Bertz CT molecular complexity index is 449. The average Bonchev–Trinajstić information content (AvgIpc) is 2.37. The molecule has 0 saturated carbocycles. The SMILES string of the molecule is CCOC(=O)c1cccc(C(=O)CC)c1C=O. The van der Waals surface area contributed by atoms with Crippen LogP contribution < -0.4 is 0 Å². The standard InChI is InChI=1S/C13H14O4/c1-3-12(15)9-6-5-7-10(11(9)8-14)13(16)17-4-2/h5-8H,3-4H2,1-2H3. The van der Waals surface area contributed by atoms with Crippen LogP contribution in [0.4, 0.5) is 0 Å². The first-order valence-corrected chi connectivity index (χ1v) is 5.44. The minimum Gasteiger partial charge on any atom is -0.462 e. The maximum absolute atomic E-state index is 11.6. The predicted molar refractivity (Wildman–Crippen MR) is 62.4 cm³/mol. The lowest BCUT2D eigenvalue weighted by molar-refractivity contribution is 0.0524. The third kappa shape index (κ3) is 2.78. The third-order valence-corrected chi connectivity index (χ3v) is 2.34. The van der Waals surface area contributed by atoms with Crippen LogP contribution in [0.3, 0.4) is 0 Å². The second-order valence-electron chi connectivity index (χ2n) is 3.38. The molecule has 0 aromatic heterocycles. The fraction of sp³-hybridized carbons (Fsp3) is 0.308. The Morgan fingerprint density at radius 2 is 1.88 bits per heavy atom. The Hall–Kier alpha value is -1.97. The number of aldehydes is 1. The van der Waals surface area contributed by atoms with Crippen LogP contribution in [-0.2, 0) is 4.74 Å². The average molecular weight is 234 g/mol. The summed E-state index contributed by atoms with van der Waals surface area (Å²) >= 11 is 0. The fourth-order valence-electron chi connectivity index (χ4n) is 1.51. The minimum absolute atomic E-state index is 0.109. The highest BCUT2D eigenvalue weighted by Gasteiger charge is 2.18. The van der Waals surface area contributed by atoms with Gasteiger partial charge in [-0.1, -0.05) is 19.1 Å². The van der Waals surface area contributed by atoms with E-state index in [1.54, 1.807) is 19.9 Å². The van der Waals surface area contributed by atoms with E-state index in [0.717, 1.165) is 0 Å². The van der Waals surface area contributed by atoms with E-state index in [9.17, 15) is 14.4 Å². The van der Waals surface area contributed by atoms with Gasteiger partial charge in [0.05, 0.1) is 12.2 Å². The summed E-state index contributed by atoms with van der Waals surface area (Å²) in [5.74, 6) is -0.751. The Kier molecular flexibility index (Phi) is 4.57. The van der Waals surface area contributed by atoms with Gasteiger partial charge in [0.2, 0.25) is 0 Å². The van der Waals surface area contributed by atoms with E-state index in [1.807, 2.05) is 0 Å². The number of benzene rings is 1. The monoisotopic (exact) mass is 234 g/mol. The molecule has 1 rings (SSSR count). The molecule has 90 valence electrons. The molecule has 0 heterocycles. The lowest BCUT2D eigenvalue weighted by Gasteiger charge is -2.08. The maximum Gasteiger partial charge on any atom is 0.338 e. The summed E-state index contributed by atoms with van der Waals surface area (Å²) in [5, 5.41) is 0. The molecule has 0 saturated heterocycles. The summed E-state index contributed by atoms with van der Waals surface area (Å²) in [5.41, 5.74) is 0.520. The number of ether oxygens (including phenoxy) is 1. The van der Waals surface area contributed by atoms with E-state index in [1.165, 1.54) is 12.1 Å². The summed E-state index contributed by atoms with van der Waals surface area (Å²) in [6, 6.07) is 4.59. The number of carbonyl (C=O) groups is 3. The summed E-state index contributed by atoms with van der Waals surface area (Å²) in [7, 11) is 0. The number of rotatable bonds is 5. The zero-order valence-corrected chi connectivity index (χ0v) is 9.86. The Labute approximate surface area is 99.6 Å². The summed E-state index contributed by atoms with van der Waals surface area (Å²) in [6.07, 6.45) is 0.808. The molecular weight excluding hydrogens is 220 g/mol. The van der Waals surface area contributed by atoms with Gasteiger partial charge < -0.3 is 4.74 Å². The van der Waals surface area contributed by atoms with E-state index in [-0.39, 0.29) is 35.5 Å². The second-order valence-corrected chi connectivity index (χ2v) is 3.38. The lowest BCUT2D eigenvalue weighted by Crippen LogP contribution is -2.12. The van der Waals surface area contributed by atoms with Gasteiger partial charge in [0.15, 0.2) is 12.1 Å². The molecule has 0 amide bonds. The Morgan fingerprint density at radius 1 is 1.24 bits per heavy atom. The van der Waals surface area contributed by atoms with Crippen LogP contribution in [0.2, 0.25) is 0 Å². The van der Waals surface area contributed by atoms with Gasteiger partial charge in [0, 0.05) is 17.5 Å². The van der Waals surface area contributed by atoms with Crippen LogP contribution in [0.25, 0.3) is 0 Å². The first-order valence-electron chi connectivity index (χ1n) is 5.44. The molecule has 0 atom stereocenters. The molecular formula is C13H14O4. The Balaban J connectivity index is 3.28. The number of carbonyl (C=O) groups excluding carboxylic acids is 3. The first-order chi connectivity index (χ1) is 8.15. The number of hydrogen-bond acceptors (Lipinski definition) is 4. The molecule has 0 bridgehead atoms. The van der Waals surface area contributed by atoms with E-state index < -0.39 is 5.97 Å². The zero-order valence-electron chi connectivity index (χ0n) is 9.86. The molecule has 17 heavy (non-hydrogen) atoms. The van der Waals surface area contributed by atoms with Crippen LogP contribution in [0.1, 0.15) is 51.3 Å². The van der Waals surface area contributed by atoms with Crippen molar-refractivity contribution in [2.45, 2.75) is 20.3 Å². The predicted octanol–water partition coefficient (Wildman–Crippen LogP) is 2.27. The summed E-state index contributed by atoms with van der Waals surface area (Å²) in [6.45, 7) is 3.61. The lowest BCUT2D eigenvalue weighted by atomic mass is 9.98. The fourth-order valence-corrected chi connectivity index (χ4v) is 1.51. The molecule has 0 aliphatic carbocycles. The summed E-state index contributed by atoms with van der Waals surface area (Å²) in [4.78, 5) is 34.2. The largest absolute Gasteiger partial charge is 0.462 e. The van der Waals surface area contributed by atoms with Crippen molar-refractivity contribution in [3.63, 3.8) is 0 Å². The molecule has 4 heteroatoms. The number of ketones is 1. The normalized spacial score (nSPS) is 9.76. The second kappa shape index (κ2) is 5.94. The molecule has 0 spiro atoms. The van der Waals surface area contributed by atoms with E-state index in [0.29, 0.717) is 6.29 Å². The van der Waals surface area contributed by atoms with Crippen molar-refractivity contribution in [3.05, 3.63) is 34.9 Å². The molecule has 1 aromatic carbocycles. The molecule has 0 radical (unpaired) electrons. The first kappa shape index (κ1) is 13.1. The van der Waals surface area contributed by atoms with Crippen LogP contribution in [0, 0.1) is 0 Å². The topological polar surface area (TPSA) is 60.4 Å². The molecule has 4 nitrogen and oxygen atoms in total. The molecule has 0 aliphatic heterocycles. The highest BCUT2D eigenvalue weighted by Crippen LogP contribution is 2.16. The van der Waals surface area contributed by atoms with Crippen LogP contribution in [0.15, 0.2) is 18.2 Å². The van der Waals surface area contributed by atoms with Crippen molar-refractivity contribution >= 4 is 18.0 Å². The van der Waals surface area contributed by atoms with E-state index >= 15 is 0 Å². The van der Waals surface area contributed by atoms with Crippen LogP contribution in [-0.4, -0.2) is 24.6 Å². The van der Waals surface area contributed by atoms with Crippen molar-refractivity contribution in [2.75, 3.05) is 6.61 Å². The molecule has 0 unspecified atom stereocenters. The number of hydrogen-bond donors (Lipinski definition) is 0. The zero-order chi connectivity index (χ0) is 12.8. The van der Waals surface area contributed by atoms with Gasteiger partial charge in [0.25, 0.3) is 0 Å². The third-order valence-electron chi connectivity index (χ3n) is 2.34. The maximum atomic E-state index is 11.6. The molecule has 0 aliphatic rings. The van der Waals surface area contributed by atoms with Gasteiger partial charge in [0.1, 0.15) is 0 Å². The van der Waals surface area contributed by atoms with E-state index in [2.05, 4.69) is 0 Å². The van der Waals surface area contributed by atoms with Gasteiger partial charge in [-0.25, -0.2) is 4.79 Å². The highest BCUT2D eigenvalue weighted by atomic mass is 16.5. The van der Waals surface area contributed by atoms with Crippen molar-refractivity contribution in [3.8, 4) is 0 Å². The van der Waals surface area contributed by atoms with Gasteiger partial charge in [-0.2, -0.15) is 0 Å². The van der Waals surface area contributed by atoms with E-state index in [4.69, 9.17) is 4.74 Å². The van der Waals surface area contributed by atoms with Gasteiger partial charge in [-0.3, -0.25) is 9.59 Å². The van der Waals surface area contributed by atoms with Gasteiger partial charge in [-0.15, -0.1) is 0 Å². The highest BCUT2D eigenvalue weighted by molar-refractivity contribution is 6.08. The number of Topliss-reactive ketones (excluding diaryl/α,β-unsaturated/α-hetero) is 1. The molecule has 1 aromatic rings. The molecule has 0 N–H and O–H groups in total. The van der Waals surface area contributed by atoms with Crippen molar-refractivity contribution in [1.29, 1.82) is 0 Å². The van der Waals surface area contributed by atoms with Gasteiger partial charge >= 0.3 is 5.97 Å². The quantitative estimate of drug-likeness (QED) is 0.445. The smallest absolute Gasteiger partial charge is 0.338 e. The van der Waals surface area contributed by atoms with Gasteiger partial charge in [-0.05, 0) is 13.0 Å². The van der Waals surface area contributed by atoms with Crippen LogP contribution in [0.5, 0.6) is 0 Å². The minimum atomic E-state index is -0.583. The summed E-state index contributed by atoms with van der Waals surface area (Å²) < 4.78 is 4.83.